The molecule has 3 aromatic rings. The van der Waals surface area contributed by atoms with E-state index in [9.17, 15) is 4.79 Å². The number of hydrazone groups is 1. The number of nitrogens with two attached hydrogens (primary N) is 1. The van der Waals surface area contributed by atoms with Gasteiger partial charge in [-0.1, -0.05) is 31.2 Å². The second-order valence-corrected chi connectivity index (χ2v) is 8.01. The molecule has 0 saturated heterocycles. The average molecular weight is 483 g/mol. The monoisotopic (exact) mass is 482 g/mol. The number of carbonyl (C=O) groups excluding carboxylic acids is 1. The Morgan fingerprint density at radius 1 is 1.11 bits per heavy atom. The summed E-state index contributed by atoms with van der Waals surface area (Å²) in [6.07, 6.45) is 3.52. The van der Waals surface area contributed by atoms with Gasteiger partial charge in [-0.3, -0.25) is 9.69 Å². The van der Waals surface area contributed by atoms with Gasteiger partial charge in [0, 0.05) is 25.3 Å². The van der Waals surface area contributed by atoms with E-state index < -0.39 is 5.91 Å². The van der Waals surface area contributed by atoms with Crippen LogP contribution in [0.25, 0.3) is 5.82 Å². The molecule has 0 fully saturated rings. The zero-order valence-electron chi connectivity index (χ0n) is 20.8. The molecule has 0 aliphatic rings. The number of nitrogens with zero attached hydrogens (tertiary/aromatic N) is 8. The fourth-order valence-corrected chi connectivity index (χ4v) is 3.82. The molecule has 3 N–H and O–H groups in total. The maximum Gasteiger partial charge on any atom is 0.293 e. The van der Waals surface area contributed by atoms with Crippen molar-refractivity contribution >= 4 is 23.6 Å². The van der Waals surface area contributed by atoms with Crippen LogP contribution in [0, 0.1) is 0 Å². The van der Waals surface area contributed by atoms with Crippen LogP contribution in [0.15, 0.2) is 34.0 Å². The highest BCUT2D eigenvalue weighted by Crippen LogP contribution is 2.18. The summed E-state index contributed by atoms with van der Waals surface area (Å²) in [5, 5.41) is 19.7. The molecule has 0 saturated carbocycles. The van der Waals surface area contributed by atoms with Crippen molar-refractivity contribution in [1.29, 1.82) is 0 Å². The lowest BCUT2D eigenvalue weighted by Gasteiger charge is -2.21. The number of benzene rings is 1. The first-order valence-corrected chi connectivity index (χ1v) is 12.0. The van der Waals surface area contributed by atoms with Crippen LogP contribution in [-0.4, -0.2) is 68.5 Å². The second-order valence-electron chi connectivity index (χ2n) is 8.01. The largest absolute Gasteiger partial charge is 0.378 e. The van der Waals surface area contributed by atoms with Gasteiger partial charge in [-0.25, -0.2) is 10.1 Å². The molecule has 2 heterocycles. The summed E-state index contributed by atoms with van der Waals surface area (Å²) in [5.41, 5.74) is 11.1. The van der Waals surface area contributed by atoms with Crippen molar-refractivity contribution in [3.63, 3.8) is 0 Å². The van der Waals surface area contributed by atoms with Crippen molar-refractivity contribution in [2.24, 2.45) is 5.10 Å². The van der Waals surface area contributed by atoms with Crippen molar-refractivity contribution < 1.29 is 9.42 Å². The third-order valence-electron chi connectivity index (χ3n) is 5.53. The van der Waals surface area contributed by atoms with Gasteiger partial charge >= 0.3 is 0 Å². The normalized spacial score (nSPS) is 11.5. The Bertz CT molecular complexity index is 1100. The number of amides is 1. The van der Waals surface area contributed by atoms with E-state index in [1.807, 2.05) is 24.3 Å². The molecular weight excluding hydrogens is 448 g/mol. The molecule has 1 aromatic carbocycles. The lowest BCUT2D eigenvalue weighted by atomic mass is 10.2. The summed E-state index contributed by atoms with van der Waals surface area (Å²) in [4.78, 5) is 17.5. The van der Waals surface area contributed by atoms with Gasteiger partial charge < -0.3 is 10.6 Å². The summed E-state index contributed by atoms with van der Waals surface area (Å²) >= 11 is 0. The molecule has 2 aromatic heterocycles. The molecule has 0 radical (unpaired) electrons. The lowest BCUT2D eigenvalue weighted by Crippen LogP contribution is -2.28. The number of anilines is 2. The standard InChI is InChI=1S/C23H34N10O2/c1-5-13-31(14-6-2)16-19-20(26-30-33(19)22-21(24)28-35-29-22)23(34)27-25-15-17-9-11-18(12-10-17)32(7-3)8-4/h9-12,15H,5-8,13-14,16H2,1-4H3,(H2,24,28)(H,27,34). The number of carbonyl (C=O) groups is 1. The molecule has 188 valence electrons. The molecule has 12 heteroatoms. The molecule has 3 rings (SSSR count). The predicted molar refractivity (Wildman–Crippen MR) is 135 cm³/mol. The quantitative estimate of drug-likeness (QED) is 0.277. The van der Waals surface area contributed by atoms with Crippen LogP contribution >= 0.6 is 0 Å². The highest BCUT2D eigenvalue weighted by atomic mass is 16.6. The van der Waals surface area contributed by atoms with Gasteiger partial charge in [0.05, 0.1) is 11.9 Å². The van der Waals surface area contributed by atoms with E-state index in [0.717, 1.165) is 50.3 Å². The highest BCUT2D eigenvalue weighted by Gasteiger charge is 2.25. The number of nitrogens with one attached hydrogen (secondary N) is 1. The third kappa shape index (κ3) is 6.41. The Morgan fingerprint density at radius 2 is 1.80 bits per heavy atom. The number of aromatic nitrogens is 5. The molecule has 35 heavy (non-hydrogen) atoms. The minimum atomic E-state index is -0.481. The number of nitrogen functional groups attached to an aromatic ring is 1. The van der Waals surface area contributed by atoms with Gasteiger partial charge in [-0.15, -0.1) is 5.10 Å². The average Bonchev–Trinajstić information content (AvgIpc) is 3.46. The van der Waals surface area contributed by atoms with Crippen molar-refractivity contribution in [1.82, 2.24) is 35.6 Å². The van der Waals surface area contributed by atoms with Gasteiger partial charge in [0.2, 0.25) is 11.6 Å². The van der Waals surface area contributed by atoms with Crippen LogP contribution in [0.1, 0.15) is 62.3 Å². The molecule has 0 unspecified atom stereocenters. The van der Waals surface area contributed by atoms with E-state index in [-0.39, 0.29) is 17.3 Å². The number of rotatable bonds is 13. The minimum absolute atomic E-state index is 0.0619. The first kappa shape index (κ1) is 25.8. The van der Waals surface area contributed by atoms with Gasteiger partial charge in [0.15, 0.2) is 5.69 Å². The Labute approximate surface area is 205 Å². The smallest absolute Gasteiger partial charge is 0.293 e. The SMILES string of the molecule is CCCN(CCC)Cc1c(C(=O)NN=Cc2ccc(N(CC)CC)cc2)nnn1-c1nonc1N. The zero-order valence-corrected chi connectivity index (χ0v) is 20.8. The van der Waals surface area contributed by atoms with Crippen LogP contribution in [0.3, 0.4) is 0 Å². The zero-order chi connectivity index (χ0) is 25.2. The van der Waals surface area contributed by atoms with Gasteiger partial charge in [0.1, 0.15) is 0 Å². The molecular formula is C23H34N10O2. The van der Waals surface area contributed by atoms with Gasteiger partial charge in [-0.2, -0.15) is 9.78 Å². The Morgan fingerprint density at radius 3 is 2.37 bits per heavy atom. The number of hydrogen-bond donors (Lipinski definition) is 2. The summed E-state index contributed by atoms with van der Waals surface area (Å²) in [6, 6.07) is 7.98. The summed E-state index contributed by atoms with van der Waals surface area (Å²) in [7, 11) is 0. The van der Waals surface area contributed by atoms with Gasteiger partial charge in [-0.05, 0) is 67.8 Å². The summed E-state index contributed by atoms with van der Waals surface area (Å²) in [5.74, 6) is -0.228. The molecule has 0 aliphatic heterocycles. The van der Waals surface area contributed by atoms with E-state index in [4.69, 9.17) is 10.4 Å². The van der Waals surface area contributed by atoms with E-state index in [1.54, 1.807) is 6.21 Å². The molecule has 0 aliphatic carbocycles. The second kappa shape index (κ2) is 12.6. The summed E-state index contributed by atoms with van der Waals surface area (Å²) in [6.45, 7) is 12.5. The topological polar surface area (TPSA) is 144 Å². The van der Waals surface area contributed by atoms with E-state index in [1.165, 1.54) is 4.68 Å². The van der Waals surface area contributed by atoms with Crippen molar-refractivity contribution in [2.45, 2.75) is 47.1 Å². The van der Waals surface area contributed by atoms with Crippen LogP contribution < -0.4 is 16.1 Å². The van der Waals surface area contributed by atoms with E-state index in [0.29, 0.717) is 12.2 Å². The van der Waals surface area contributed by atoms with Crippen LogP contribution in [0.4, 0.5) is 11.5 Å². The fourth-order valence-electron chi connectivity index (χ4n) is 3.82. The summed E-state index contributed by atoms with van der Waals surface area (Å²) < 4.78 is 6.12. The van der Waals surface area contributed by atoms with Crippen LogP contribution in [0.5, 0.6) is 0 Å². The van der Waals surface area contributed by atoms with Crippen molar-refractivity contribution in [2.75, 3.05) is 36.8 Å². The van der Waals surface area contributed by atoms with Crippen LogP contribution in [-0.2, 0) is 6.54 Å². The first-order chi connectivity index (χ1) is 17.0. The molecule has 0 bridgehead atoms. The third-order valence-corrected chi connectivity index (χ3v) is 5.53. The first-order valence-electron chi connectivity index (χ1n) is 12.0. The Hall–Kier alpha value is -3.80. The maximum absolute atomic E-state index is 13.0. The Kier molecular flexibility index (Phi) is 9.30. The van der Waals surface area contributed by atoms with Gasteiger partial charge in [0.25, 0.3) is 5.91 Å². The Balaban J connectivity index is 1.79. The highest BCUT2D eigenvalue weighted by molar-refractivity contribution is 5.94. The van der Waals surface area contributed by atoms with E-state index >= 15 is 0 Å². The maximum atomic E-state index is 13.0. The molecule has 0 atom stereocenters. The minimum Gasteiger partial charge on any atom is -0.378 e. The van der Waals surface area contributed by atoms with Crippen molar-refractivity contribution in [3.8, 4) is 5.82 Å². The fraction of sp³-hybridized carbons (Fsp3) is 0.478. The van der Waals surface area contributed by atoms with Crippen molar-refractivity contribution in [3.05, 3.63) is 41.2 Å². The lowest BCUT2D eigenvalue weighted by molar-refractivity contribution is 0.0947. The number of hydrogen-bond acceptors (Lipinski definition) is 10. The van der Waals surface area contributed by atoms with E-state index in [2.05, 4.69) is 68.6 Å². The predicted octanol–water partition coefficient (Wildman–Crippen LogP) is 2.46. The molecule has 0 spiro atoms. The van der Waals surface area contributed by atoms with Crippen LogP contribution in [0.2, 0.25) is 0 Å². The molecule has 1 amide bonds. The molecule has 12 nitrogen and oxygen atoms in total.